The maximum atomic E-state index is 12.5. The fourth-order valence-electron chi connectivity index (χ4n) is 3.69. The molecule has 0 unspecified atom stereocenters. The van der Waals surface area contributed by atoms with Gasteiger partial charge in [0.15, 0.2) is 9.84 Å². The van der Waals surface area contributed by atoms with Gasteiger partial charge in [-0.2, -0.15) is 0 Å². The smallest absolute Gasteiger partial charge is 0.272 e. The zero-order chi connectivity index (χ0) is 22.6. The van der Waals surface area contributed by atoms with Crippen molar-refractivity contribution in [2.45, 2.75) is 17.7 Å². The van der Waals surface area contributed by atoms with E-state index in [9.17, 15) is 13.2 Å². The Morgan fingerprint density at radius 3 is 2.31 bits per heavy atom. The number of carbonyl (C=O) groups is 1. The zero-order valence-corrected chi connectivity index (χ0v) is 18.7. The molecule has 3 aromatic rings. The molecule has 7 nitrogen and oxygen atoms in total. The van der Waals surface area contributed by atoms with Crippen LogP contribution in [-0.4, -0.2) is 55.1 Å². The molecule has 0 spiro atoms. The van der Waals surface area contributed by atoms with Gasteiger partial charge in [-0.25, -0.2) is 13.4 Å². The number of sulfone groups is 1. The number of hydrogen-bond donors (Lipinski definition) is 0. The summed E-state index contributed by atoms with van der Waals surface area (Å²) < 4.78 is 29.1. The topological polar surface area (TPSA) is 89.5 Å². The van der Waals surface area contributed by atoms with E-state index in [0.717, 1.165) is 24.0 Å². The van der Waals surface area contributed by atoms with Crippen molar-refractivity contribution in [1.82, 2.24) is 14.9 Å². The fraction of sp³-hybridized carbons (Fsp3) is 0.292. The van der Waals surface area contributed by atoms with Crippen LogP contribution in [0.2, 0.25) is 0 Å². The number of hydrogen-bond acceptors (Lipinski definition) is 6. The Morgan fingerprint density at radius 1 is 1.00 bits per heavy atom. The minimum absolute atomic E-state index is 0.0215. The second kappa shape index (κ2) is 9.48. The number of nitrogens with zero attached hydrogens (tertiary/aromatic N) is 3. The van der Waals surface area contributed by atoms with Crippen molar-refractivity contribution < 1.29 is 17.9 Å². The first-order chi connectivity index (χ1) is 15.4. The Labute approximate surface area is 188 Å². The van der Waals surface area contributed by atoms with Gasteiger partial charge in [-0.05, 0) is 54.7 Å². The molecular weight excluding hydrogens is 426 g/mol. The van der Waals surface area contributed by atoms with E-state index in [-0.39, 0.29) is 5.91 Å². The van der Waals surface area contributed by atoms with Crippen LogP contribution < -0.4 is 4.74 Å². The molecule has 1 aliphatic heterocycles. The molecule has 0 bridgehead atoms. The zero-order valence-electron chi connectivity index (χ0n) is 17.8. The van der Waals surface area contributed by atoms with Gasteiger partial charge in [-0.15, -0.1) is 0 Å². The Kier molecular flexibility index (Phi) is 6.50. The highest BCUT2D eigenvalue weighted by molar-refractivity contribution is 7.90. The summed E-state index contributed by atoms with van der Waals surface area (Å²) >= 11 is 0. The van der Waals surface area contributed by atoms with E-state index < -0.39 is 9.84 Å². The number of carbonyl (C=O) groups excluding carboxylic acids is 1. The van der Waals surface area contributed by atoms with Crippen molar-refractivity contribution in [2.24, 2.45) is 5.92 Å². The second-order valence-electron chi connectivity index (χ2n) is 7.94. The fourth-order valence-corrected chi connectivity index (χ4v) is 4.32. The maximum absolute atomic E-state index is 12.5. The van der Waals surface area contributed by atoms with Crippen LogP contribution in [0.5, 0.6) is 5.88 Å². The van der Waals surface area contributed by atoms with E-state index in [4.69, 9.17) is 4.74 Å². The highest BCUT2D eigenvalue weighted by atomic mass is 32.2. The molecule has 0 atom stereocenters. The number of pyridine rings is 2. The molecule has 166 valence electrons. The molecule has 1 aromatic carbocycles. The molecule has 0 aliphatic carbocycles. The number of likely N-dealkylation sites (tertiary alicyclic amines) is 1. The average Bonchev–Trinajstić information content (AvgIpc) is 2.83. The quantitative estimate of drug-likeness (QED) is 0.570. The highest BCUT2D eigenvalue weighted by Crippen LogP contribution is 2.24. The van der Waals surface area contributed by atoms with Crippen molar-refractivity contribution in [2.75, 3.05) is 26.0 Å². The van der Waals surface area contributed by atoms with E-state index in [1.54, 1.807) is 48.8 Å². The minimum atomic E-state index is -3.21. The van der Waals surface area contributed by atoms with E-state index in [2.05, 4.69) is 9.97 Å². The van der Waals surface area contributed by atoms with E-state index in [1.165, 1.54) is 6.26 Å². The molecule has 0 radical (unpaired) electrons. The molecule has 1 aliphatic rings. The molecule has 8 heteroatoms. The largest absolute Gasteiger partial charge is 0.477 e. The third-order valence-electron chi connectivity index (χ3n) is 5.60. The normalized spacial score (nSPS) is 14.8. The Morgan fingerprint density at radius 2 is 1.72 bits per heavy atom. The van der Waals surface area contributed by atoms with Crippen LogP contribution in [0, 0.1) is 5.92 Å². The van der Waals surface area contributed by atoms with Crippen molar-refractivity contribution >= 4 is 15.7 Å². The lowest BCUT2D eigenvalue weighted by Crippen LogP contribution is -2.40. The maximum Gasteiger partial charge on any atom is 0.272 e. The van der Waals surface area contributed by atoms with Crippen LogP contribution in [0.4, 0.5) is 0 Å². The second-order valence-corrected chi connectivity index (χ2v) is 9.96. The number of ether oxygens (including phenoxy) is 1. The van der Waals surface area contributed by atoms with E-state index in [1.807, 2.05) is 23.1 Å². The third-order valence-corrected chi connectivity index (χ3v) is 6.73. The van der Waals surface area contributed by atoms with Gasteiger partial charge in [0.1, 0.15) is 5.69 Å². The molecule has 1 saturated heterocycles. The van der Waals surface area contributed by atoms with Crippen LogP contribution in [0.25, 0.3) is 11.1 Å². The van der Waals surface area contributed by atoms with Crippen LogP contribution in [0.1, 0.15) is 23.3 Å². The first-order valence-corrected chi connectivity index (χ1v) is 12.4. The lowest BCUT2D eigenvalue weighted by molar-refractivity contribution is 0.0653. The molecular formula is C24H25N3O4S. The van der Waals surface area contributed by atoms with Crippen LogP contribution in [-0.2, 0) is 9.84 Å². The molecule has 32 heavy (non-hydrogen) atoms. The number of benzene rings is 1. The SMILES string of the molecule is CS(=O)(=O)c1ccc(-c2ccc(OCC3CCN(C(=O)c4ccccn4)CC3)nc2)cc1. The predicted octanol–water partition coefficient (Wildman–Crippen LogP) is 3.48. The molecule has 4 rings (SSSR count). The van der Waals surface area contributed by atoms with Crippen LogP contribution in [0.3, 0.4) is 0 Å². The van der Waals surface area contributed by atoms with Crippen LogP contribution in [0.15, 0.2) is 71.9 Å². The van der Waals surface area contributed by atoms with Gasteiger partial charge >= 0.3 is 0 Å². The van der Waals surface area contributed by atoms with Gasteiger partial charge < -0.3 is 9.64 Å². The van der Waals surface area contributed by atoms with E-state index >= 15 is 0 Å². The number of piperidine rings is 1. The Bertz CT molecular complexity index is 1160. The Balaban J connectivity index is 1.27. The molecule has 2 aromatic heterocycles. The first kappa shape index (κ1) is 22.0. The lowest BCUT2D eigenvalue weighted by atomic mass is 9.97. The Hall–Kier alpha value is -3.26. The predicted molar refractivity (Wildman–Crippen MR) is 121 cm³/mol. The summed E-state index contributed by atoms with van der Waals surface area (Å²) in [5.74, 6) is 0.896. The molecule has 1 amide bonds. The summed E-state index contributed by atoms with van der Waals surface area (Å²) in [7, 11) is -3.21. The van der Waals surface area contributed by atoms with Gasteiger partial charge in [0.2, 0.25) is 5.88 Å². The number of rotatable bonds is 6. The number of aromatic nitrogens is 2. The molecule has 1 fully saturated rings. The van der Waals surface area contributed by atoms with Gasteiger partial charge in [-0.1, -0.05) is 18.2 Å². The van der Waals surface area contributed by atoms with Crippen molar-refractivity contribution in [3.8, 4) is 17.0 Å². The molecule has 0 saturated carbocycles. The molecule has 0 N–H and O–H groups in total. The first-order valence-electron chi connectivity index (χ1n) is 10.5. The van der Waals surface area contributed by atoms with Gasteiger partial charge in [0.05, 0.1) is 11.5 Å². The third kappa shape index (κ3) is 5.31. The van der Waals surface area contributed by atoms with E-state index in [0.29, 0.717) is 42.1 Å². The summed E-state index contributed by atoms with van der Waals surface area (Å²) in [6.45, 7) is 1.94. The minimum Gasteiger partial charge on any atom is -0.477 e. The summed E-state index contributed by atoms with van der Waals surface area (Å²) in [6, 6.07) is 15.8. The number of amides is 1. The summed E-state index contributed by atoms with van der Waals surface area (Å²) in [5, 5.41) is 0. The van der Waals surface area contributed by atoms with Crippen LogP contribution >= 0.6 is 0 Å². The standard InChI is InChI=1S/C24H25N3O4S/c1-32(29,30)21-8-5-19(6-9-21)20-7-10-23(26-16-20)31-17-18-11-14-27(15-12-18)24(28)22-4-2-3-13-25-22/h2-10,13,16,18H,11-12,14-15,17H2,1H3. The van der Waals surface area contributed by atoms with Gasteiger partial charge in [0.25, 0.3) is 5.91 Å². The highest BCUT2D eigenvalue weighted by Gasteiger charge is 2.24. The monoisotopic (exact) mass is 451 g/mol. The van der Waals surface area contributed by atoms with Gasteiger partial charge in [0, 0.05) is 43.4 Å². The summed E-state index contributed by atoms with van der Waals surface area (Å²) in [5.41, 5.74) is 2.26. The van der Waals surface area contributed by atoms with Gasteiger partial charge in [-0.3, -0.25) is 9.78 Å². The summed E-state index contributed by atoms with van der Waals surface area (Å²) in [4.78, 5) is 23.2. The summed E-state index contributed by atoms with van der Waals surface area (Å²) in [6.07, 6.45) is 6.31. The lowest BCUT2D eigenvalue weighted by Gasteiger charge is -2.31. The van der Waals surface area contributed by atoms with Crippen molar-refractivity contribution in [3.05, 3.63) is 72.7 Å². The van der Waals surface area contributed by atoms with Crippen molar-refractivity contribution in [3.63, 3.8) is 0 Å². The molecule has 3 heterocycles. The average molecular weight is 452 g/mol. The van der Waals surface area contributed by atoms with Crippen molar-refractivity contribution in [1.29, 1.82) is 0 Å².